The third kappa shape index (κ3) is 3.55. The van der Waals surface area contributed by atoms with Crippen molar-refractivity contribution in [2.75, 3.05) is 25.0 Å². The summed E-state index contributed by atoms with van der Waals surface area (Å²) in [4.78, 5) is 29.0. The average molecular weight is 341 g/mol. The molecule has 1 N–H and O–H groups in total. The molecule has 3 amide bonds. The molecule has 0 saturated carbocycles. The Bertz CT molecular complexity index is 669. The van der Waals surface area contributed by atoms with Gasteiger partial charge in [0.05, 0.1) is 5.54 Å². The quantitative estimate of drug-likeness (QED) is 0.855. The highest BCUT2D eigenvalue weighted by Crippen LogP contribution is 2.36. The van der Waals surface area contributed by atoms with Gasteiger partial charge in [0.25, 0.3) is 0 Å². The number of amides is 3. The van der Waals surface area contributed by atoms with E-state index in [0.29, 0.717) is 19.5 Å². The van der Waals surface area contributed by atoms with Crippen molar-refractivity contribution in [2.45, 2.75) is 44.6 Å². The van der Waals surface area contributed by atoms with E-state index in [-0.39, 0.29) is 17.5 Å². The molecular formula is C20H27N3O2. The van der Waals surface area contributed by atoms with Crippen molar-refractivity contribution in [3.63, 3.8) is 0 Å². The summed E-state index contributed by atoms with van der Waals surface area (Å²) >= 11 is 0. The SMILES string of the molecule is C=CCN1C(=O)CCC[C@]12CCCN(C(=O)Nc1ccccc1C)C2. The molecule has 0 aliphatic carbocycles. The van der Waals surface area contributed by atoms with E-state index in [1.54, 1.807) is 6.08 Å². The minimum atomic E-state index is -0.231. The summed E-state index contributed by atoms with van der Waals surface area (Å²) in [5, 5.41) is 3.02. The molecule has 1 aromatic rings. The predicted octanol–water partition coefficient (Wildman–Crippen LogP) is 3.56. The summed E-state index contributed by atoms with van der Waals surface area (Å²) in [6.07, 6.45) is 6.13. The minimum Gasteiger partial charge on any atom is -0.332 e. The Morgan fingerprint density at radius 2 is 2.08 bits per heavy atom. The number of anilines is 1. The number of nitrogens with zero attached hydrogens (tertiary/aromatic N) is 2. The van der Waals surface area contributed by atoms with Gasteiger partial charge >= 0.3 is 6.03 Å². The summed E-state index contributed by atoms with van der Waals surface area (Å²) in [6, 6.07) is 7.71. The van der Waals surface area contributed by atoms with Gasteiger partial charge in [0, 0.05) is 31.7 Å². The maximum absolute atomic E-state index is 12.8. The smallest absolute Gasteiger partial charge is 0.321 e. The first-order valence-corrected chi connectivity index (χ1v) is 9.09. The molecule has 134 valence electrons. The van der Waals surface area contributed by atoms with Crippen LogP contribution in [0.25, 0.3) is 0 Å². The van der Waals surface area contributed by atoms with Crippen molar-refractivity contribution in [3.8, 4) is 0 Å². The van der Waals surface area contributed by atoms with Crippen LogP contribution in [0, 0.1) is 6.92 Å². The zero-order valence-electron chi connectivity index (χ0n) is 15.0. The van der Waals surface area contributed by atoms with E-state index in [1.165, 1.54) is 0 Å². The summed E-state index contributed by atoms with van der Waals surface area (Å²) < 4.78 is 0. The normalized spacial score (nSPS) is 23.6. The van der Waals surface area contributed by atoms with Gasteiger partial charge in [-0.2, -0.15) is 0 Å². The van der Waals surface area contributed by atoms with E-state index in [1.807, 2.05) is 41.0 Å². The van der Waals surface area contributed by atoms with E-state index in [4.69, 9.17) is 0 Å². The molecule has 0 aromatic heterocycles. The van der Waals surface area contributed by atoms with Crippen molar-refractivity contribution in [2.24, 2.45) is 0 Å². The third-order valence-corrected chi connectivity index (χ3v) is 5.45. The highest BCUT2D eigenvalue weighted by atomic mass is 16.2. The van der Waals surface area contributed by atoms with Crippen molar-refractivity contribution in [1.82, 2.24) is 9.80 Å². The van der Waals surface area contributed by atoms with E-state index < -0.39 is 0 Å². The number of carbonyl (C=O) groups excluding carboxylic acids is 2. The molecule has 1 atom stereocenters. The lowest BCUT2D eigenvalue weighted by Gasteiger charge is -2.51. The van der Waals surface area contributed by atoms with Gasteiger partial charge in [-0.15, -0.1) is 6.58 Å². The van der Waals surface area contributed by atoms with E-state index in [0.717, 1.165) is 43.5 Å². The third-order valence-electron chi connectivity index (χ3n) is 5.45. The number of hydrogen-bond acceptors (Lipinski definition) is 2. The Morgan fingerprint density at radius 3 is 2.84 bits per heavy atom. The molecule has 5 nitrogen and oxygen atoms in total. The maximum atomic E-state index is 12.8. The zero-order valence-corrected chi connectivity index (χ0v) is 15.0. The Morgan fingerprint density at radius 1 is 1.32 bits per heavy atom. The van der Waals surface area contributed by atoms with Crippen molar-refractivity contribution in [1.29, 1.82) is 0 Å². The van der Waals surface area contributed by atoms with Crippen LogP contribution in [0.1, 0.15) is 37.7 Å². The number of rotatable bonds is 3. The molecule has 25 heavy (non-hydrogen) atoms. The predicted molar refractivity (Wildman–Crippen MR) is 99.5 cm³/mol. The van der Waals surface area contributed by atoms with Crippen LogP contribution in [-0.2, 0) is 4.79 Å². The molecule has 1 aromatic carbocycles. The number of nitrogens with one attached hydrogen (secondary N) is 1. The minimum absolute atomic E-state index is 0.0787. The molecule has 2 aliphatic rings. The lowest BCUT2D eigenvalue weighted by Crippen LogP contribution is -2.63. The van der Waals surface area contributed by atoms with Crippen LogP contribution in [0.3, 0.4) is 0 Å². The molecule has 5 heteroatoms. The van der Waals surface area contributed by atoms with Gasteiger partial charge in [-0.1, -0.05) is 24.3 Å². The van der Waals surface area contributed by atoms with Crippen LogP contribution in [0.15, 0.2) is 36.9 Å². The molecule has 2 saturated heterocycles. The van der Waals surface area contributed by atoms with E-state index in [9.17, 15) is 9.59 Å². The maximum Gasteiger partial charge on any atom is 0.321 e. The Kier molecular flexibility index (Phi) is 5.11. The summed E-state index contributed by atoms with van der Waals surface area (Å²) in [5.74, 6) is 0.187. The monoisotopic (exact) mass is 341 g/mol. The van der Waals surface area contributed by atoms with Crippen LogP contribution >= 0.6 is 0 Å². The first-order chi connectivity index (χ1) is 12.1. The van der Waals surface area contributed by atoms with Gasteiger partial charge in [-0.25, -0.2) is 4.79 Å². The topological polar surface area (TPSA) is 52.7 Å². The molecule has 0 radical (unpaired) electrons. The molecular weight excluding hydrogens is 314 g/mol. The second kappa shape index (κ2) is 7.30. The molecule has 2 fully saturated rings. The lowest BCUT2D eigenvalue weighted by atomic mass is 9.79. The number of carbonyl (C=O) groups is 2. The molecule has 2 heterocycles. The lowest BCUT2D eigenvalue weighted by molar-refractivity contribution is -0.143. The number of piperidine rings is 2. The van der Waals surface area contributed by atoms with Crippen LogP contribution < -0.4 is 5.32 Å². The summed E-state index contributed by atoms with van der Waals surface area (Å²) in [5.41, 5.74) is 1.66. The van der Waals surface area contributed by atoms with Crippen molar-refractivity contribution < 1.29 is 9.59 Å². The fraction of sp³-hybridized carbons (Fsp3) is 0.500. The number of likely N-dealkylation sites (tertiary alicyclic amines) is 2. The van der Waals surface area contributed by atoms with Crippen molar-refractivity contribution in [3.05, 3.63) is 42.5 Å². The van der Waals surface area contributed by atoms with Gasteiger partial charge in [0.1, 0.15) is 0 Å². The van der Waals surface area contributed by atoms with Gasteiger partial charge < -0.3 is 15.1 Å². The fourth-order valence-electron chi connectivity index (χ4n) is 4.15. The summed E-state index contributed by atoms with van der Waals surface area (Å²) in [7, 11) is 0. The van der Waals surface area contributed by atoms with Crippen LogP contribution in [0.2, 0.25) is 0 Å². The molecule has 3 rings (SSSR count). The van der Waals surface area contributed by atoms with Crippen LogP contribution in [0.5, 0.6) is 0 Å². The number of hydrogen-bond donors (Lipinski definition) is 1. The van der Waals surface area contributed by atoms with E-state index >= 15 is 0 Å². The number of aryl methyl sites for hydroxylation is 1. The molecule has 0 bridgehead atoms. The molecule has 0 unspecified atom stereocenters. The fourth-order valence-corrected chi connectivity index (χ4v) is 4.15. The summed E-state index contributed by atoms with van der Waals surface area (Å²) in [6.45, 7) is 7.68. The second-order valence-corrected chi connectivity index (χ2v) is 7.14. The zero-order chi connectivity index (χ0) is 17.9. The number of para-hydroxylation sites is 1. The Labute approximate surface area is 149 Å². The van der Waals surface area contributed by atoms with Gasteiger partial charge in [0.15, 0.2) is 0 Å². The van der Waals surface area contributed by atoms with Crippen LogP contribution in [-0.4, -0.2) is 46.9 Å². The molecule has 1 spiro atoms. The highest BCUT2D eigenvalue weighted by Gasteiger charge is 2.45. The van der Waals surface area contributed by atoms with Gasteiger partial charge in [0.2, 0.25) is 5.91 Å². The Hall–Kier alpha value is -2.30. The number of benzene rings is 1. The standard InChI is InChI=1S/C20H27N3O2/c1-3-13-23-18(24)10-6-11-20(23)12-7-14-22(15-20)19(25)21-17-9-5-4-8-16(17)2/h3-5,8-9H,1,6-7,10-15H2,2H3,(H,21,25)/t20-/m1/s1. The largest absolute Gasteiger partial charge is 0.332 e. The highest BCUT2D eigenvalue weighted by molar-refractivity contribution is 5.90. The van der Waals surface area contributed by atoms with Crippen molar-refractivity contribution >= 4 is 17.6 Å². The molecule has 2 aliphatic heterocycles. The number of urea groups is 1. The van der Waals surface area contributed by atoms with E-state index in [2.05, 4.69) is 11.9 Å². The van der Waals surface area contributed by atoms with Gasteiger partial charge in [-0.3, -0.25) is 4.79 Å². The first kappa shape index (κ1) is 17.5. The van der Waals surface area contributed by atoms with Crippen LogP contribution in [0.4, 0.5) is 10.5 Å². The first-order valence-electron chi connectivity index (χ1n) is 9.09. The Balaban J connectivity index is 1.75. The second-order valence-electron chi connectivity index (χ2n) is 7.14. The van der Waals surface area contributed by atoms with Gasteiger partial charge in [-0.05, 0) is 44.2 Å². The average Bonchev–Trinajstić information content (AvgIpc) is 2.61.